The van der Waals surface area contributed by atoms with Gasteiger partial charge in [0.15, 0.2) is 0 Å². The summed E-state index contributed by atoms with van der Waals surface area (Å²) in [6.07, 6.45) is 0. The van der Waals surface area contributed by atoms with Gasteiger partial charge in [-0.2, -0.15) is 0 Å². The van der Waals surface area contributed by atoms with E-state index in [9.17, 15) is 0 Å². The third kappa shape index (κ3) is 30.2. The van der Waals surface area contributed by atoms with Crippen LogP contribution in [0.2, 0.25) is 0 Å². The summed E-state index contributed by atoms with van der Waals surface area (Å²) in [5, 5.41) is 0. The predicted octanol–water partition coefficient (Wildman–Crippen LogP) is -1.43. The van der Waals surface area contributed by atoms with Gasteiger partial charge in [-0.3, -0.25) is 0 Å². The molecular weight excluding hydrogens is 233 g/mol. The number of rotatable bonds is 0. The molecule has 22 valence electrons. The Morgan fingerprint density at radius 3 is 0.800 bits per heavy atom. The second kappa shape index (κ2) is 50.1. The Labute approximate surface area is 63.0 Å². The van der Waals surface area contributed by atoms with Crippen molar-refractivity contribution < 1.29 is 43.7 Å². The molecule has 0 radical (unpaired) electrons. The molecule has 0 N–H and O–H groups in total. The molecule has 0 aliphatic rings. The summed E-state index contributed by atoms with van der Waals surface area (Å²) in [5.41, 5.74) is 0. The maximum absolute atomic E-state index is 8.38. The Morgan fingerprint density at radius 1 is 0.800 bits per heavy atom. The van der Waals surface area contributed by atoms with Crippen molar-refractivity contribution in [3.63, 3.8) is 0 Å². The SMILES string of the molecule is [GaH3].[O]=[Zn].[O]=[Zn]. The summed E-state index contributed by atoms with van der Waals surface area (Å²) in [6.45, 7) is 0. The minimum atomic E-state index is 0. The van der Waals surface area contributed by atoms with Gasteiger partial charge in [0.1, 0.15) is 0 Å². The summed E-state index contributed by atoms with van der Waals surface area (Å²) in [6, 6.07) is 0. The van der Waals surface area contributed by atoms with Gasteiger partial charge >= 0.3 is 63.4 Å². The quantitative estimate of drug-likeness (QED) is 0.483. The van der Waals surface area contributed by atoms with Crippen LogP contribution in [0.4, 0.5) is 0 Å². The van der Waals surface area contributed by atoms with Crippen LogP contribution in [-0.4, -0.2) is 19.8 Å². The molecule has 0 unspecified atom stereocenters. The van der Waals surface area contributed by atoms with Crippen LogP contribution in [0.3, 0.4) is 0 Å². The van der Waals surface area contributed by atoms with Gasteiger partial charge in [0, 0.05) is 0 Å². The Kier molecular flexibility index (Phi) is 161. The summed E-state index contributed by atoms with van der Waals surface area (Å²) in [5.74, 6) is 0. The van der Waals surface area contributed by atoms with Gasteiger partial charge in [0.2, 0.25) is 0 Å². The van der Waals surface area contributed by atoms with E-state index in [-0.39, 0.29) is 56.3 Å². The third-order valence-electron chi connectivity index (χ3n) is 0. The summed E-state index contributed by atoms with van der Waals surface area (Å²) < 4.78 is 16.8. The van der Waals surface area contributed by atoms with Crippen LogP contribution in [0.1, 0.15) is 0 Å². The molecule has 0 aliphatic heterocycles. The van der Waals surface area contributed by atoms with Gasteiger partial charge in [-0.15, -0.1) is 0 Å². The fourth-order valence-electron chi connectivity index (χ4n) is 0. The van der Waals surface area contributed by atoms with Crippen molar-refractivity contribution in [1.29, 1.82) is 0 Å². The zero-order valence-corrected chi connectivity index (χ0v) is 8.16. The molecule has 0 bridgehead atoms. The summed E-state index contributed by atoms with van der Waals surface area (Å²) in [7, 11) is 0. The molecule has 0 saturated carbocycles. The van der Waals surface area contributed by atoms with Crippen molar-refractivity contribution in [3.05, 3.63) is 0 Å². The summed E-state index contributed by atoms with van der Waals surface area (Å²) >= 11 is 0.250. The minimum absolute atomic E-state index is 0. The van der Waals surface area contributed by atoms with Crippen molar-refractivity contribution in [2.45, 2.75) is 0 Å². The molecule has 0 saturated heterocycles. The van der Waals surface area contributed by atoms with E-state index >= 15 is 0 Å². The van der Waals surface area contributed by atoms with E-state index in [0.29, 0.717) is 0 Å². The van der Waals surface area contributed by atoms with Gasteiger partial charge in [0.25, 0.3) is 0 Å². The molecule has 5 heteroatoms. The zero-order chi connectivity index (χ0) is 4.00. The van der Waals surface area contributed by atoms with Crippen molar-refractivity contribution in [2.75, 3.05) is 0 Å². The monoisotopic (exact) mass is 232 g/mol. The second-order valence-electron chi connectivity index (χ2n) is 0. The van der Waals surface area contributed by atoms with Crippen LogP contribution >= 0.6 is 0 Å². The van der Waals surface area contributed by atoms with Crippen LogP contribution in [0.25, 0.3) is 0 Å². The molecule has 0 atom stereocenters. The molecule has 0 aromatic heterocycles. The van der Waals surface area contributed by atoms with Crippen molar-refractivity contribution >= 4 is 19.8 Å². The third-order valence-corrected chi connectivity index (χ3v) is 0. The Morgan fingerprint density at radius 2 is 0.800 bits per heavy atom. The van der Waals surface area contributed by atoms with Crippen molar-refractivity contribution in [1.82, 2.24) is 0 Å². The number of hydrogen-bond acceptors (Lipinski definition) is 2. The molecule has 0 amide bonds. The van der Waals surface area contributed by atoms with Crippen molar-refractivity contribution in [2.24, 2.45) is 0 Å². The van der Waals surface area contributed by atoms with E-state index in [0.717, 1.165) is 0 Å². The zero-order valence-electron chi connectivity index (χ0n) is 2.23. The van der Waals surface area contributed by atoms with Crippen LogP contribution in [0.15, 0.2) is 0 Å². The predicted molar refractivity (Wildman–Crippen MR) is 11.3 cm³/mol. The van der Waals surface area contributed by atoms with E-state index in [2.05, 4.69) is 0 Å². The Balaban J connectivity index is -0.0000000133. The fourth-order valence-corrected chi connectivity index (χ4v) is 0. The van der Waals surface area contributed by atoms with Gasteiger partial charge in [-0.1, -0.05) is 0 Å². The van der Waals surface area contributed by atoms with E-state index in [1.54, 1.807) is 0 Å². The average Bonchev–Trinajstić information content (AvgIpc) is 1.50. The van der Waals surface area contributed by atoms with E-state index in [4.69, 9.17) is 7.15 Å². The van der Waals surface area contributed by atoms with Crippen LogP contribution < -0.4 is 0 Å². The van der Waals surface area contributed by atoms with E-state index in [1.165, 1.54) is 0 Å². The molecule has 0 spiro atoms. The first kappa shape index (κ1) is 16.1. The molecule has 0 rings (SSSR count). The van der Waals surface area contributed by atoms with Crippen LogP contribution in [0.5, 0.6) is 0 Å². The van der Waals surface area contributed by atoms with Crippen molar-refractivity contribution in [3.8, 4) is 0 Å². The van der Waals surface area contributed by atoms with Gasteiger partial charge in [-0.05, 0) is 0 Å². The maximum atomic E-state index is 8.38. The van der Waals surface area contributed by atoms with Gasteiger partial charge < -0.3 is 0 Å². The fraction of sp³-hybridized carbons (Fsp3) is 0. The van der Waals surface area contributed by atoms with Crippen LogP contribution in [0, 0.1) is 0 Å². The van der Waals surface area contributed by atoms with Gasteiger partial charge in [-0.25, -0.2) is 0 Å². The van der Waals surface area contributed by atoms with Crippen LogP contribution in [-0.2, 0) is 43.7 Å². The molecule has 0 aliphatic carbocycles. The van der Waals surface area contributed by atoms with E-state index < -0.39 is 0 Å². The molecule has 0 aromatic rings. The first-order valence-corrected chi connectivity index (χ1v) is 3.00. The van der Waals surface area contributed by atoms with Gasteiger partial charge in [0.05, 0.1) is 0 Å². The standard InChI is InChI=1S/Ga.2O.2Zn.3H. The first-order chi connectivity index (χ1) is 2.00. The molecule has 0 fully saturated rings. The second-order valence-corrected chi connectivity index (χ2v) is 0. The molecule has 0 heterocycles. The Hall–Kier alpha value is 1.48. The first-order valence-electron chi connectivity index (χ1n) is 0.577. The Bertz CT molecular complexity index is 9.61. The molecule has 2 nitrogen and oxygen atoms in total. The van der Waals surface area contributed by atoms with E-state index in [1.807, 2.05) is 0 Å². The molecule has 5 heavy (non-hydrogen) atoms. The summed E-state index contributed by atoms with van der Waals surface area (Å²) in [4.78, 5) is 0. The normalized spacial score (nSPS) is 2.40. The molecular formula is H3GaO2Zn2. The topological polar surface area (TPSA) is 34.1 Å². The average molecular weight is 236 g/mol. The molecule has 0 aromatic carbocycles. The number of hydrogen-bond donors (Lipinski definition) is 0.